The molecule has 0 saturated heterocycles. The van der Waals surface area contributed by atoms with Crippen molar-refractivity contribution in [3.8, 4) is 0 Å². The van der Waals surface area contributed by atoms with Gasteiger partial charge in [-0.3, -0.25) is 0 Å². The molecule has 0 atom stereocenters. The third kappa shape index (κ3) is 7.31. The number of halogens is 1. The Bertz CT molecular complexity index is 50.1. The average Bonchev–Trinajstić information content (AvgIpc) is 1.30. The van der Waals surface area contributed by atoms with Crippen LogP contribution in [0.15, 0.2) is 0 Å². The van der Waals surface area contributed by atoms with Crippen LogP contribution in [0.4, 0.5) is 0 Å². The Morgan fingerprint density at radius 1 is 1.43 bits per heavy atom. The zero-order chi connectivity index (χ0) is 5.91. The predicted molar refractivity (Wildman–Crippen MR) is 39.8 cm³/mol. The Labute approximate surface area is 60.6 Å². The van der Waals surface area contributed by atoms with E-state index in [0.717, 1.165) is 0 Å². The molecule has 3 heteroatoms. The molecule has 0 aliphatic rings. The van der Waals surface area contributed by atoms with Crippen LogP contribution in [0.25, 0.3) is 0 Å². The molecule has 0 unspecified atom stereocenters. The molecular formula is C4H11ClSiSn. The van der Waals surface area contributed by atoms with Crippen molar-refractivity contribution in [3.63, 3.8) is 0 Å². The number of hydrogen-bond acceptors (Lipinski definition) is 0. The van der Waals surface area contributed by atoms with E-state index >= 15 is 0 Å². The van der Waals surface area contributed by atoms with Crippen molar-refractivity contribution in [2.75, 3.05) is 0 Å². The van der Waals surface area contributed by atoms with Crippen LogP contribution >= 0.6 is 8.92 Å². The first kappa shape index (κ1) is 8.31. The first-order valence-electron chi connectivity index (χ1n) is 2.40. The van der Waals surface area contributed by atoms with Crippen molar-refractivity contribution in [1.29, 1.82) is 0 Å². The number of rotatable bonds is 2. The van der Waals surface area contributed by atoms with Gasteiger partial charge in [0, 0.05) is 0 Å². The maximum atomic E-state index is 5.69. The summed E-state index contributed by atoms with van der Waals surface area (Å²) in [5.74, 6) is 0. The summed E-state index contributed by atoms with van der Waals surface area (Å²) in [4.78, 5) is 0. The van der Waals surface area contributed by atoms with Crippen LogP contribution in [0.1, 0.15) is 0 Å². The van der Waals surface area contributed by atoms with E-state index in [-0.39, 0.29) is 20.0 Å². The van der Waals surface area contributed by atoms with Gasteiger partial charge in [-0.25, -0.2) is 0 Å². The zero-order valence-electron chi connectivity index (χ0n) is 5.09. The summed E-state index contributed by atoms with van der Waals surface area (Å²) < 4.78 is 1.41. The fraction of sp³-hybridized carbons (Fsp3) is 1.00. The van der Waals surface area contributed by atoms with E-state index in [2.05, 4.69) is 19.6 Å². The molecule has 0 N–H and O–H groups in total. The van der Waals surface area contributed by atoms with Gasteiger partial charge in [0.05, 0.1) is 0 Å². The molecule has 0 saturated carbocycles. The van der Waals surface area contributed by atoms with Crippen molar-refractivity contribution in [1.82, 2.24) is 0 Å². The van der Waals surface area contributed by atoms with E-state index in [9.17, 15) is 0 Å². The number of hydrogen-bond donors (Lipinski definition) is 0. The van der Waals surface area contributed by atoms with E-state index in [1.54, 1.807) is 0 Å². The molecule has 0 aromatic rings. The molecule has 2 radical (unpaired) electrons. The second kappa shape index (κ2) is 3.35. The standard InChI is InChI=1S/C4H11Si.ClH.Sn/c1-5(2,3)4;;/h1H2,2-4H3;1H;/q;;+1/p-1. The second-order valence-electron chi connectivity index (χ2n) is 2.87. The van der Waals surface area contributed by atoms with Crippen molar-refractivity contribution in [2.45, 2.75) is 23.7 Å². The first-order chi connectivity index (χ1) is 3.06. The fourth-order valence-electron chi connectivity index (χ4n) is 0.200. The summed E-state index contributed by atoms with van der Waals surface area (Å²) in [6, 6.07) is 0. The minimum absolute atomic E-state index is 0.380. The van der Waals surface area contributed by atoms with Crippen LogP contribution in [0.3, 0.4) is 0 Å². The molecule has 0 aliphatic carbocycles. The van der Waals surface area contributed by atoms with Gasteiger partial charge in [-0.2, -0.15) is 0 Å². The molecule has 0 spiro atoms. The first-order valence-corrected chi connectivity index (χ1v) is 11.7. The quantitative estimate of drug-likeness (QED) is 0.650. The summed E-state index contributed by atoms with van der Waals surface area (Å²) in [6.07, 6.45) is 0. The van der Waals surface area contributed by atoms with Crippen LogP contribution < -0.4 is 0 Å². The van der Waals surface area contributed by atoms with Gasteiger partial charge in [0.1, 0.15) is 0 Å². The molecule has 7 heavy (non-hydrogen) atoms. The summed E-state index contributed by atoms with van der Waals surface area (Å²) in [5.41, 5.74) is 0. The van der Waals surface area contributed by atoms with Gasteiger partial charge in [-0.15, -0.1) is 0 Å². The molecule has 0 nitrogen and oxygen atoms in total. The van der Waals surface area contributed by atoms with Crippen LogP contribution in [0, 0.1) is 0 Å². The third-order valence-electron chi connectivity index (χ3n) is 0.597. The minimum atomic E-state index is -0.714. The van der Waals surface area contributed by atoms with Crippen LogP contribution in [-0.2, 0) is 0 Å². The van der Waals surface area contributed by atoms with Gasteiger partial charge in [0.25, 0.3) is 0 Å². The fourth-order valence-corrected chi connectivity index (χ4v) is 12.1. The van der Waals surface area contributed by atoms with Crippen LogP contribution in [0.2, 0.25) is 23.7 Å². The van der Waals surface area contributed by atoms with Gasteiger partial charge in [0.15, 0.2) is 0 Å². The molecule has 0 bridgehead atoms. The normalized spacial score (nSPS) is 12.0. The molecule has 0 aromatic carbocycles. The Morgan fingerprint density at radius 3 is 1.86 bits per heavy atom. The second-order valence-corrected chi connectivity index (χ2v) is 13.9. The van der Waals surface area contributed by atoms with E-state index in [1.807, 2.05) is 0 Å². The Balaban J connectivity index is 3.15. The molecule has 0 amide bonds. The van der Waals surface area contributed by atoms with E-state index in [4.69, 9.17) is 8.92 Å². The Hall–Kier alpha value is 1.31. The van der Waals surface area contributed by atoms with Crippen molar-refractivity contribution in [3.05, 3.63) is 0 Å². The topological polar surface area (TPSA) is 0 Å². The summed E-state index contributed by atoms with van der Waals surface area (Å²) in [6.45, 7) is 7.11. The third-order valence-corrected chi connectivity index (χ3v) is 14.7. The van der Waals surface area contributed by atoms with Gasteiger partial charge in [-0.1, -0.05) is 0 Å². The van der Waals surface area contributed by atoms with Crippen LogP contribution in [0.5, 0.6) is 0 Å². The van der Waals surface area contributed by atoms with Gasteiger partial charge >= 0.3 is 60.7 Å². The molecule has 0 rings (SSSR count). The van der Waals surface area contributed by atoms with Gasteiger partial charge in [-0.05, 0) is 0 Å². The molecule has 42 valence electrons. The Kier molecular flexibility index (Phi) is 3.98. The monoisotopic (exact) mass is 242 g/mol. The summed E-state index contributed by atoms with van der Waals surface area (Å²) in [5, 5.41) is 0. The van der Waals surface area contributed by atoms with E-state index in [1.165, 1.54) is 4.06 Å². The van der Waals surface area contributed by atoms with Gasteiger partial charge < -0.3 is 0 Å². The van der Waals surface area contributed by atoms with E-state index < -0.39 is 8.07 Å². The SMILES string of the molecule is C[Si](C)(C)[CH2][Sn][Cl]. The van der Waals surface area contributed by atoms with Crippen molar-refractivity contribution < 1.29 is 0 Å². The predicted octanol–water partition coefficient (Wildman–Crippen LogP) is 2.14. The summed E-state index contributed by atoms with van der Waals surface area (Å²) in [7, 11) is 4.98. The van der Waals surface area contributed by atoms with Crippen LogP contribution in [-0.4, -0.2) is 28.1 Å². The zero-order valence-corrected chi connectivity index (χ0v) is 9.70. The van der Waals surface area contributed by atoms with Crippen molar-refractivity contribution >= 4 is 37.0 Å². The maximum absolute atomic E-state index is 5.69. The molecule has 0 aromatic heterocycles. The van der Waals surface area contributed by atoms with Crippen molar-refractivity contribution in [2.24, 2.45) is 0 Å². The summed E-state index contributed by atoms with van der Waals surface area (Å²) >= 11 is -0.380. The molecule has 0 aliphatic heterocycles. The van der Waals surface area contributed by atoms with E-state index in [0.29, 0.717) is 0 Å². The molecule has 0 fully saturated rings. The van der Waals surface area contributed by atoms with Gasteiger partial charge in [0.2, 0.25) is 0 Å². The molecule has 0 heterocycles. The average molecular weight is 241 g/mol. The Morgan fingerprint density at radius 2 is 1.86 bits per heavy atom. The molecular weight excluding hydrogens is 230 g/mol.